The van der Waals surface area contributed by atoms with Gasteiger partial charge in [-0.15, -0.1) is 21.5 Å². The molecule has 1 aliphatic rings. The summed E-state index contributed by atoms with van der Waals surface area (Å²) in [4.78, 5) is 13.1. The molecule has 1 saturated carbocycles. The zero-order valence-electron chi connectivity index (χ0n) is 13.5. The minimum Gasteiger partial charge on any atom is -0.461 e. The van der Waals surface area contributed by atoms with Gasteiger partial charge in [-0.05, 0) is 36.4 Å². The van der Waals surface area contributed by atoms with Crippen LogP contribution in [0.5, 0.6) is 0 Å². The summed E-state index contributed by atoms with van der Waals surface area (Å²) in [5.41, 5.74) is 0.577. The molecule has 1 aliphatic carbocycles. The van der Waals surface area contributed by atoms with Gasteiger partial charge in [-0.1, -0.05) is 36.0 Å². The lowest BCUT2D eigenvalue weighted by molar-refractivity contribution is 0.0530. The molecule has 0 N–H and O–H groups in total. The van der Waals surface area contributed by atoms with E-state index in [9.17, 15) is 4.79 Å². The Kier molecular flexibility index (Phi) is 4.85. The monoisotopic (exact) mass is 371 g/mol. The van der Waals surface area contributed by atoms with Gasteiger partial charge in [-0.25, -0.2) is 4.79 Å². The Labute approximate surface area is 154 Å². The van der Waals surface area contributed by atoms with Crippen LogP contribution in [0.4, 0.5) is 0 Å². The first-order valence-corrected chi connectivity index (χ1v) is 10.0. The van der Waals surface area contributed by atoms with Crippen molar-refractivity contribution in [3.63, 3.8) is 0 Å². The van der Waals surface area contributed by atoms with Crippen LogP contribution >= 0.6 is 23.1 Å². The van der Waals surface area contributed by atoms with Crippen molar-refractivity contribution in [3.05, 3.63) is 53.4 Å². The Morgan fingerprint density at radius 3 is 2.76 bits per heavy atom. The van der Waals surface area contributed by atoms with Gasteiger partial charge in [0.2, 0.25) is 0 Å². The van der Waals surface area contributed by atoms with Crippen molar-refractivity contribution in [2.75, 3.05) is 12.4 Å². The average Bonchev–Trinajstić information content (AvgIpc) is 3.17. The number of carbonyl (C=O) groups is 1. The minimum absolute atomic E-state index is 0.288. The number of carbonyl (C=O) groups excluding carboxylic acids is 1. The molecule has 25 heavy (non-hydrogen) atoms. The van der Waals surface area contributed by atoms with Crippen LogP contribution in [0.1, 0.15) is 29.2 Å². The molecule has 1 aromatic carbocycles. The van der Waals surface area contributed by atoms with Gasteiger partial charge in [0.05, 0.1) is 10.4 Å². The highest BCUT2D eigenvalue weighted by Gasteiger charge is 2.30. The Morgan fingerprint density at radius 1 is 1.20 bits per heavy atom. The van der Waals surface area contributed by atoms with Crippen LogP contribution in [0.2, 0.25) is 0 Å². The van der Waals surface area contributed by atoms with Gasteiger partial charge in [-0.3, -0.25) is 4.57 Å². The van der Waals surface area contributed by atoms with Gasteiger partial charge in [-0.2, -0.15) is 0 Å². The van der Waals surface area contributed by atoms with Crippen molar-refractivity contribution in [2.45, 2.75) is 24.0 Å². The normalized spacial score (nSPS) is 13.8. The molecule has 0 aliphatic heterocycles. The van der Waals surface area contributed by atoms with Crippen molar-refractivity contribution in [3.8, 4) is 10.7 Å². The third-order valence-electron chi connectivity index (χ3n) is 3.88. The van der Waals surface area contributed by atoms with E-state index in [1.807, 2.05) is 24.3 Å². The molecule has 0 radical (unpaired) electrons. The topological polar surface area (TPSA) is 57.0 Å². The summed E-state index contributed by atoms with van der Waals surface area (Å²) in [5, 5.41) is 11.7. The second-order valence-corrected chi connectivity index (χ2v) is 7.74. The van der Waals surface area contributed by atoms with Gasteiger partial charge in [0, 0.05) is 11.8 Å². The third-order valence-corrected chi connectivity index (χ3v) is 5.65. The molecule has 128 valence electrons. The van der Waals surface area contributed by atoms with Gasteiger partial charge in [0.25, 0.3) is 0 Å². The van der Waals surface area contributed by atoms with E-state index in [0.29, 0.717) is 24.0 Å². The van der Waals surface area contributed by atoms with Crippen molar-refractivity contribution in [1.82, 2.24) is 14.8 Å². The highest BCUT2D eigenvalue weighted by Crippen LogP contribution is 2.41. The van der Waals surface area contributed by atoms with Crippen LogP contribution < -0.4 is 0 Å². The van der Waals surface area contributed by atoms with E-state index >= 15 is 0 Å². The predicted octanol–water partition coefficient (Wildman–Crippen LogP) is 4.29. The summed E-state index contributed by atoms with van der Waals surface area (Å²) in [6.45, 7) is 0.351. The van der Waals surface area contributed by atoms with Gasteiger partial charge in [0.1, 0.15) is 6.61 Å². The van der Waals surface area contributed by atoms with E-state index < -0.39 is 0 Å². The summed E-state index contributed by atoms with van der Waals surface area (Å²) in [7, 11) is 0. The summed E-state index contributed by atoms with van der Waals surface area (Å²) >= 11 is 3.26. The fourth-order valence-electron chi connectivity index (χ4n) is 2.54. The SMILES string of the molecule is O=C(OCCSc1nnc(-c2cccs2)n1C1CC1)c1ccccc1. The number of aromatic nitrogens is 3. The number of rotatable bonds is 7. The molecule has 4 rings (SSSR count). The van der Waals surface area contributed by atoms with Crippen molar-refractivity contribution in [1.29, 1.82) is 0 Å². The molecule has 7 heteroatoms. The van der Waals surface area contributed by atoms with Gasteiger partial charge in [0.15, 0.2) is 11.0 Å². The third kappa shape index (κ3) is 3.77. The van der Waals surface area contributed by atoms with E-state index in [4.69, 9.17) is 4.74 Å². The zero-order valence-corrected chi connectivity index (χ0v) is 15.1. The highest BCUT2D eigenvalue weighted by atomic mass is 32.2. The second kappa shape index (κ2) is 7.41. The lowest BCUT2D eigenvalue weighted by Crippen LogP contribution is -2.08. The van der Waals surface area contributed by atoms with Crippen molar-refractivity contribution >= 4 is 29.1 Å². The fraction of sp³-hybridized carbons (Fsp3) is 0.278. The Morgan fingerprint density at radius 2 is 2.04 bits per heavy atom. The van der Waals surface area contributed by atoms with Crippen LogP contribution in [0.25, 0.3) is 10.7 Å². The summed E-state index contributed by atoms with van der Waals surface area (Å²) < 4.78 is 7.56. The van der Waals surface area contributed by atoms with Crippen LogP contribution in [0.15, 0.2) is 53.0 Å². The molecule has 2 heterocycles. The first-order valence-electron chi connectivity index (χ1n) is 8.16. The predicted molar refractivity (Wildman–Crippen MR) is 99.1 cm³/mol. The van der Waals surface area contributed by atoms with Gasteiger partial charge >= 0.3 is 5.97 Å². The van der Waals surface area contributed by atoms with E-state index in [0.717, 1.165) is 15.9 Å². The Bertz CT molecular complexity index is 843. The molecule has 0 spiro atoms. The largest absolute Gasteiger partial charge is 0.461 e. The molecule has 0 amide bonds. The number of nitrogens with zero attached hydrogens (tertiary/aromatic N) is 3. The van der Waals surface area contributed by atoms with E-state index in [-0.39, 0.29) is 5.97 Å². The zero-order chi connectivity index (χ0) is 17.1. The van der Waals surface area contributed by atoms with E-state index in [2.05, 4.69) is 26.2 Å². The lowest BCUT2D eigenvalue weighted by Gasteiger charge is -2.08. The summed E-state index contributed by atoms with van der Waals surface area (Å²) in [5.74, 6) is 1.32. The standard InChI is InChI=1S/C18H17N3O2S2/c22-17(13-5-2-1-3-6-13)23-10-12-25-18-20-19-16(15-7-4-11-24-15)21(18)14-8-9-14/h1-7,11,14H,8-10,12H2. The van der Waals surface area contributed by atoms with Crippen molar-refractivity contribution < 1.29 is 9.53 Å². The number of hydrogen-bond donors (Lipinski definition) is 0. The van der Waals surface area contributed by atoms with Crippen LogP contribution in [0, 0.1) is 0 Å². The Hall–Kier alpha value is -2.12. The molecule has 3 aromatic rings. The molecular weight excluding hydrogens is 354 g/mol. The first-order chi connectivity index (χ1) is 12.3. The maximum atomic E-state index is 11.9. The maximum Gasteiger partial charge on any atom is 0.338 e. The number of benzene rings is 1. The average molecular weight is 371 g/mol. The van der Waals surface area contributed by atoms with E-state index in [1.165, 1.54) is 12.8 Å². The fourth-order valence-corrected chi connectivity index (χ4v) is 4.06. The van der Waals surface area contributed by atoms with Crippen molar-refractivity contribution in [2.24, 2.45) is 0 Å². The van der Waals surface area contributed by atoms with Crippen LogP contribution in [-0.4, -0.2) is 33.1 Å². The minimum atomic E-state index is -0.288. The second-order valence-electron chi connectivity index (χ2n) is 5.74. The number of thiophene rings is 1. The smallest absolute Gasteiger partial charge is 0.338 e. The molecule has 0 unspecified atom stereocenters. The molecule has 5 nitrogen and oxygen atoms in total. The molecule has 1 fully saturated rings. The highest BCUT2D eigenvalue weighted by molar-refractivity contribution is 7.99. The number of hydrogen-bond acceptors (Lipinski definition) is 6. The van der Waals surface area contributed by atoms with Crippen LogP contribution in [0.3, 0.4) is 0 Å². The van der Waals surface area contributed by atoms with Gasteiger partial charge < -0.3 is 4.74 Å². The molecule has 0 saturated heterocycles. The molecular formula is C18H17N3O2S2. The number of ether oxygens (including phenoxy) is 1. The van der Waals surface area contributed by atoms with Crippen LogP contribution in [-0.2, 0) is 4.74 Å². The first kappa shape index (κ1) is 16.4. The molecule has 0 atom stereocenters. The molecule has 2 aromatic heterocycles. The maximum absolute atomic E-state index is 11.9. The number of esters is 1. The summed E-state index contributed by atoms with van der Waals surface area (Å²) in [6.07, 6.45) is 2.35. The number of thioether (sulfide) groups is 1. The lowest BCUT2D eigenvalue weighted by atomic mass is 10.2. The summed E-state index contributed by atoms with van der Waals surface area (Å²) in [6, 6.07) is 13.7. The Balaban J connectivity index is 1.36. The molecule has 0 bridgehead atoms. The quantitative estimate of drug-likeness (QED) is 0.352. The van der Waals surface area contributed by atoms with E-state index in [1.54, 1.807) is 35.2 Å².